The number of hydrogen-bond acceptors (Lipinski definition) is 2. The minimum Gasteiger partial charge on any atom is -0.308 e. The summed E-state index contributed by atoms with van der Waals surface area (Å²) in [5.74, 6) is 0. The SMILES string of the molecule is CN(Cc1ccccc1CNC(C)(C)C)C1CC1. The van der Waals surface area contributed by atoms with E-state index in [0.717, 1.165) is 19.1 Å². The fourth-order valence-electron chi connectivity index (χ4n) is 2.16. The normalized spacial score (nSPS) is 16.3. The van der Waals surface area contributed by atoms with Gasteiger partial charge < -0.3 is 5.32 Å². The summed E-state index contributed by atoms with van der Waals surface area (Å²) in [6, 6.07) is 9.62. The molecular formula is C16H26N2. The topological polar surface area (TPSA) is 15.3 Å². The highest BCUT2D eigenvalue weighted by atomic mass is 15.1. The van der Waals surface area contributed by atoms with E-state index in [1.54, 1.807) is 0 Å². The molecule has 0 radical (unpaired) electrons. The third-order valence-corrected chi connectivity index (χ3v) is 3.52. The molecule has 0 heterocycles. The Balaban J connectivity index is 2.00. The van der Waals surface area contributed by atoms with E-state index >= 15 is 0 Å². The fourth-order valence-corrected chi connectivity index (χ4v) is 2.16. The monoisotopic (exact) mass is 246 g/mol. The Morgan fingerprint density at radius 1 is 1.17 bits per heavy atom. The van der Waals surface area contributed by atoms with E-state index in [2.05, 4.69) is 62.3 Å². The van der Waals surface area contributed by atoms with Crippen molar-refractivity contribution in [1.82, 2.24) is 10.2 Å². The van der Waals surface area contributed by atoms with Crippen LogP contribution >= 0.6 is 0 Å². The Labute approximate surface area is 111 Å². The largest absolute Gasteiger partial charge is 0.308 e. The molecule has 0 amide bonds. The van der Waals surface area contributed by atoms with E-state index in [1.165, 1.54) is 24.0 Å². The minimum atomic E-state index is 0.176. The lowest BCUT2D eigenvalue weighted by Gasteiger charge is -2.23. The first-order chi connectivity index (χ1) is 8.46. The highest BCUT2D eigenvalue weighted by molar-refractivity contribution is 5.27. The molecule has 1 N–H and O–H groups in total. The molecule has 2 heteroatoms. The van der Waals surface area contributed by atoms with Crippen LogP contribution in [0.2, 0.25) is 0 Å². The first kappa shape index (κ1) is 13.6. The average Bonchev–Trinajstić information content (AvgIpc) is 3.10. The molecule has 1 aliphatic rings. The number of nitrogens with one attached hydrogen (secondary N) is 1. The molecule has 0 unspecified atom stereocenters. The van der Waals surface area contributed by atoms with Crippen molar-refractivity contribution in [2.24, 2.45) is 0 Å². The van der Waals surface area contributed by atoms with E-state index in [9.17, 15) is 0 Å². The van der Waals surface area contributed by atoms with Crippen LogP contribution in [0.5, 0.6) is 0 Å². The van der Waals surface area contributed by atoms with Gasteiger partial charge in [-0.2, -0.15) is 0 Å². The van der Waals surface area contributed by atoms with Gasteiger partial charge in [0.25, 0.3) is 0 Å². The standard InChI is InChI=1S/C16H26N2/c1-16(2,3)17-11-13-7-5-6-8-14(13)12-18(4)15-9-10-15/h5-8,15,17H,9-12H2,1-4H3. The number of rotatable bonds is 5. The van der Waals surface area contributed by atoms with Gasteiger partial charge in [-0.05, 0) is 51.8 Å². The van der Waals surface area contributed by atoms with Crippen LogP contribution in [-0.4, -0.2) is 23.5 Å². The molecule has 2 nitrogen and oxygen atoms in total. The first-order valence-corrected chi connectivity index (χ1v) is 6.98. The lowest BCUT2D eigenvalue weighted by atomic mass is 10.0. The zero-order valence-corrected chi connectivity index (χ0v) is 12.2. The average molecular weight is 246 g/mol. The molecular weight excluding hydrogens is 220 g/mol. The van der Waals surface area contributed by atoms with Crippen LogP contribution in [0.1, 0.15) is 44.7 Å². The lowest BCUT2D eigenvalue weighted by Crippen LogP contribution is -2.35. The Hall–Kier alpha value is -0.860. The van der Waals surface area contributed by atoms with Crippen LogP contribution in [0.3, 0.4) is 0 Å². The summed E-state index contributed by atoms with van der Waals surface area (Å²) in [5, 5.41) is 3.58. The molecule has 0 atom stereocenters. The molecule has 1 saturated carbocycles. The fraction of sp³-hybridized carbons (Fsp3) is 0.625. The minimum absolute atomic E-state index is 0.176. The predicted molar refractivity (Wildman–Crippen MR) is 77.5 cm³/mol. The summed E-state index contributed by atoms with van der Waals surface area (Å²) in [7, 11) is 2.24. The van der Waals surface area contributed by atoms with Gasteiger partial charge >= 0.3 is 0 Å². The van der Waals surface area contributed by atoms with Gasteiger partial charge in [-0.1, -0.05) is 24.3 Å². The number of nitrogens with zero attached hydrogens (tertiary/aromatic N) is 1. The van der Waals surface area contributed by atoms with Crippen molar-refractivity contribution in [3.8, 4) is 0 Å². The summed E-state index contributed by atoms with van der Waals surface area (Å²) in [6.45, 7) is 8.68. The van der Waals surface area contributed by atoms with Gasteiger partial charge in [0, 0.05) is 24.7 Å². The van der Waals surface area contributed by atoms with Gasteiger partial charge in [0.05, 0.1) is 0 Å². The van der Waals surface area contributed by atoms with Crippen molar-refractivity contribution >= 4 is 0 Å². The van der Waals surface area contributed by atoms with Crippen LogP contribution in [0.15, 0.2) is 24.3 Å². The van der Waals surface area contributed by atoms with Crippen molar-refractivity contribution in [1.29, 1.82) is 0 Å². The maximum Gasteiger partial charge on any atom is 0.0236 e. The second kappa shape index (κ2) is 5.41. The van der Waals surface area contributed by atoms with Crippen LogP contribution < -0.4 is 5.32 Å². The molecule has 1 fully saturated rings. The molecule has 0 saturated heterocycles. The molecule has 1 aromatic rings. The number of benzene rings is 1. The maximum absolute atomic E-state index is 3.58. The van der Waals surface area contributed by atoms with Gasteiger partial charge in [0.1, 0.15) is 0 Å². The van der Waals surface area contributed by atoms with Gasteiger partial charge in [-0.25, -0.2) is 0 Å². The van der Waals surface area contributed by atoms with E-state index in [-0.39, 0.29) is 5.54 Å². The highest BCUT2D eigenvalue weighted by Gasteiger charge is 2.26. The molecule has 0 aromatic heterocycles. The van der Waals surface area contributed by atoms with E-state index in [0.29, 0.717) is 0 Å². The summed E-state index contributed by atoms with van der Waals surface area (Å²) in [6.07, 6.45) is 2.75. The van der Waals surface area contributed by atoms with Crippen LogP contribution in [0, 0.1) is 0 Å². The van der Waals surface area contributed by atoms with Gasteiger partial charge in [-0.15, -0.1) is 0 Å². The molecule has 1 aromatic carbocycles. The summed E-state index contributed by atoms with van der Waals surface area (Å²) in [5.41, 5.74) is 3.07. The third-order valence-electron chi connectivity index (χ3n) is 3.52. The maximum atomic E-state index is 3.58. The van der Waals surface area contributed by atoms with E-state index in [4.69, 9.17) is 0 Å². The Morgan fingerprint density at radius 2 is 1.78 bits per heavy atom. The zero-order valence-electron chi connectivity index (χ0n) is 12.2. The molecule has 0 aliphatic heterocycles. The van der Waals surface area contributed by atoms with Crippen molar-refractivity contribution in [3.63, 3.8) is 0 Å². The van der Waals surface area contributed by atoms with Gasteiger partial charge in [-0.3, -0.25) is 4.90 Å². The van der Waals surface area contributed by atoms with Gasteiger partial charge in [0.15, 0.2) is 0 Å². The Bertz CT molecular complexity index is 388. The van der Waals surface area contributed by atoms with Crippen LogP contribution in [0.25, 0.3) is 0 Å². The first-order valence-electron chi connectivity index (χ1n) is 6.98. The molecule has 0 spiro atoms. The molecule has 1 aliphatic carbocycles. The van der Waals surface area contributed by atoms with Crippen molar-refractivity contribution in [2.75, 3.05) is 7.05 Å². The molecule has 0 bridgehead atoms. The van der Waals surface area contributed by atoms with Gasteiger partial charge in [0.2, 0.25) is 0 Å². The lowest BCUT2D eigenvalue weighted by molar-refractivity contribution is 0.314. The smallest absolute Gasteiger partial charge is 0.0236 e. The number of hydrogen-bond donors (Lipinski definition) is 1. The van der Waals surface area contributed by atoms with Crippen molar-refractivity contribution in [2.45, 2.75) is 58.3 Å². The molecule has 2 rings (SSSR count). The Kier molecular flexibility index (Phi) is 4.08. The van der Waals surface area contributed by atoms with Crippen LogP contribution in [-0.2, 0) is 13.1 Å². The van der Waals surface area contributed by atoms with E-state index in [1.807, 2.05) is 0 Å². The zero-order chi connectivity index (χ0) is 13.2. The summed E-state index contributed by atoms with van der Waals surface area (Å²) < 4.78 is 0. The predicted octanol–water partition coefficient (Wildman–Crippen LogP) is 3.17. The third kappa shape index (κ3) is 4.11. The highest BCUT2D eigenvalue weighted by Crippen LogP contribution is 2.27. The second-order valence-corrected chi connectivity index (χ2v) is 6.52. The quantitative estimate of drug-likeness (QED) is 0.858. The molecule has 18 heavy (non-hydrogen) atoms. The Morgan fingerprint density at radius 3 is 2.33 bits per heavy atom. The van der Waals surface area contributed by atoms with Crippen LogP contribution in [0.4, 0.5) is 0 Å². The van der Waals surface area contributed by atoms with E-state index < -0.39 is 0 Å². The van der Waals surface area contributed by atoms with Crippen molar-refractivity contribution in [3.05, 3.63) is 35.4 Å². The molecule has 100 valence electrons. The summed E-state index contributed by atoms with van der Waals surface area (Å²) in [4.78, 5) is 2.48. The second-order valence-electron chi connectivity index (χ2n) is 6.52. The summed E-state index contributed by atoms with van der Waals surface area (Å²) >= 11 is 0. The van der Waals surface area contributed by atoms with Crippen molar-refractivity contribution < 1.29 is 0 Å².